The molecular weight excluding hydrogens is 266 g/mol. The second-order valence-electron chi connectivity index (χ2n) is 6.06. The van der Waals surface area contributed by atoms with E-state index < -0.39 is 0 Å². The van der Waals surface area contributed by atoms with E-state index in [9.17, 15) is 0 Å². The normalized spacial score (nSPS) is 27.8. The largest absolute Gasteiger partial charge is 0.485 e. The Bertz CT molecular complexity index is 650. The molecule has 1 aromatic heterocycles. The molecule has 5 heteroatoms. The Hall–Kier alpha value is -1.88. The first-order valence-corrected chi connectivity index (χ1v) is 7.55. The lowest BCUT2D eigenvalue weighted by atomic mass is 9.94. The van der Waals surface area contributed by atoms with E-state index in [1.807, 2.05) is 31.2 Å². The SMILES string of the molecule is Cc1noc(-c2ccccc2OC23CCCN(CC2)C3)n1. The van der Waals surface area contributed by atoms with Crippen molar-refractivity contribution in [2.75, 3.05) is 19.6 Å². The van der Waals surface area contributed by atoms with Gasteiger partial charge < -0.3 is 9.26 Å². The maximum absolute atomic E-state index is 6.46. The van der Waals surface area contributed by atoms with Crippen molar-refractivity contribution in [1.29, 1.82) is 0 Å². The summed E-state index contributed by atoms with van der Waals surface area (Å²) in [6.45, 7) is 5.20. The first kappa shape index (κ1) is 12.8. The van der Waals surface area contributed by atoms with Gasteiger partial charge in [0.1, 0.15) is 11.4 Å². The second-order valence-corrected chi connectivity index (χ2v) is 6.06. The van der Waals surface area contributed by atoms with Gasteiger partial charge in [0, 0.05) is 19.5 Å². The van der Waals surface area contributed by atoms with Crippen molar-refractivity contribution in [3.8, 4) is 17.2 Å². The lowest BCUT2D eigenvalue weighted by Crippen LogP contribution is -2.43. The predicted octanol–water partition coefficient (Wildman–Crippen LogP) is 2.66. The maximum Gasteiger partial charge on any atom is 0.261 e. The molecule has 2 atom stereocenters. The molecule has 2 saturated heterocycles. The second kappa shape index (κ2) is 4.84. The third-order valence-electron chi connectivity index (χ3n) is 4.47. The molecule has 1 aromatic carbocycles. The summed E-state index contributed by atoms with van der Waals surface area (Å²) >= 11 is 0. The van der Waals surface area contributed by atoms with Crippen LogP contribution in [0.15, 0.2) is 28.8 Å². The van der Waals surface area contributed by atoms with Crippen LogP contribution in [0.2, 0.25) is 0 Å². The van der Waals surface area contributed by atoms with Gasteiger partial charge in [0.15, 0.2) is 5.82 Å². The molecule has 110 valence electrons. The Balaban J connectivity index is 1.66. The third-order valence-corrected chi connectivity index (χ3v) is 4.47. The van der Waals surface area contributed by atoms with Crippen LogP contribution in [0.4, 0.5) is 0 Å². The maximum atomic E-state index is 6.46. The van der Waals surface area contributed by atoms with E-state index in [-0.39, 0.29) is 5.60 Å². The molecule has 2 fully saturated rings. The number of aryl methyl sites for hydroxylation is 1. The fourth-order valence-corrected chi connectivity index (χ4v) is 3.45. The van der Waals surface area contributed by atoms with Gasteiger partial charge in [-0.05, 0) is 38.4 Å². The average molecular weight is 285 g/mol. The average Bonchev–Trinajstić information content (AvgIpc) is 3.04. The van der Waals surface area contributed by atoms with Crippen molar-refractivity contribution < 1.29 is 9.26 Å². The van der Waals surface area contributed by atoms with E-state index >= 15 is 0 Å². The number of aromatic nitrogens is 2. The molecule has 0 amide bonds. The number of benzene rings is 1. The van der Waals surface area contributed by atoms with E-state index in [0.29, 0.717) is 11.7 Å². The Kier molecular flexibility index (Phi) is 2.96. The highest BCUT2D eigenvalue weighted by molar-refractivity contribution is 5.62. The lowest BCUT2D eigenvalue weighted by molar-refractivity contribution is 0.0457. The highest BCUT2D eigenvalue weighted by Crippen LogP contribution is 2.38. The number of nitrogens with zero attached hydrogens (tertiary/aromatic N) is 3. The smallest absolute Gasteiger partial charge is 0.261 e. The number of para-hydroxylation sites is 1. The fraction of sp³-hybridized carbons (Fsp3) is 0.500. The molecule has 0 aliphatic carbocycles. The molecule has 0 spiro atoms. The van der Waals surface area contributed by atoms with Crippen molar-refractivity contribution >= 4 is 0 Å². The minimum Gasteiger partial charge on any atom is -0.485 e. The molecule has 5 nitrogen and oxygen atoms in total. The van der Waals surface area contributed by atoms with Crippen LogP contribution in [0.3, 0.4) is 0 Å². The summed E-state index contributed by atoms with van der Waals surface area (Å²) in [4.78, 5) is 6.81. The molecule has 0 N–H and O–H groups in total. The van der Waals surface area contributed by atoms with Crippen molar-refractivity contribution in [3.63, 3.8) is 0 Å². The minimum atomic E-state index is -0.0383. The molecule has 2 aromatic rings. The quantitative estimate of drug-likeness (QED) is 0.867. The zero-order valence-electron chi connectivity index (χ0n) is 12.2. The third kappa shape index (κ3) is 2.31. The fourth-order valence-electron chi connectivity index (χ4n) is 3.45. The highest BCUT2D eigenvalue weighted by Gasteiger charge is 2.43. The van der Waals surface area contributed by atoms with Crippen LogP contribution in [-0.4, -0.2) is 40.3 Å². The summed E-state index contributed by atoms with van der Waals surface area (Å²) in [5.41, 5.74) is 0.847. The van der Waals surface area contributed by atoms with Crippen molar-refractivity contribution in [3.05, 3.63) is 30.1 Å². The van der Waals surface area contributed by atoms with Gasteiger partial charge in [-0.3, -0.25) is 4.90 Å². The van der Waals surface area contributed by atoms with E-state index in [2.05, 4.69) is 15.0 Å². The summed E-state index contributed by atoms with van der Waals surface area (Å²) in [6, 6.07) is 7.95. The van der Waals surface area contributed by atoms with Gasteiger partial charge in [-0.25, -0.2) is 0 Å². The monoisotopic (exact) mass is 285 g/mol. The Morgan fingerprint density at radius 2 is 2.14 bits per heavy atom. The van der Waals surface area contributed by atoms with Crippen LogP contribution in [0.5, 0.6) is 5.75 Å². The lowest BCUT2D eigenvalue weighted by Gasteiger charge is -2.34. The van der Waals surface area contributed by atoms with Crippen LogP contribution in [0, 0.1) is 6.92 Å². The zero-order valence-corrected chi connectivity index (χ0v) is 12.2. The topological polar surface area (TPSA) is 51.4 Å². The van der Waals surface area contributed by atoms with Crippen LogP contribution in [0.25, 0.3) is 11.5 Å². The molecule has 21 heavy (non-hydrogen) atoms. The molecular formula is C16H19N3O2. The van der Waals surface area contributed by atoms with Crippen LogP contribution in [-0.2, 0) is 0 Å². The van der Waals surface area contributed by atoms with Gasteiger partial charge in [0.25, 0.3) is 5.89 Å². The highest BCUT2D eigenvalue weighted by atomic mass is 16.5. The number of hydrogen-bond acceptors (Lipinski definition) is 5. The van der Waals surface area contributed by atoms with Crippen LogP contribution < -0.4 is 4.74 Å². The zero-order chi connectivity index (χ0) is 14.3. The van der Waals surface area contributed by atoms with Gasteiger partial charge in [0.05, 0.1) is 5.56 Å². The summed E-state index contributed by atoms with van der Waals surface area (Å²) in [5.74, 6) is 2.03. The van der Waals surface area contributed by atoms with Crippen molar-refractivity contribution in [2.24, 2.45) is 0 Å². The first-order chi connectivity index (χ1) is 10.2. The Labute approximate surface area is 123 Å². The summed E-state index contributed by atoms with van der Waals surface area (Å²) in [6.07, 6.45) is 3.44. The molecule has 2 aliphatic rings. The van der Waals surface area contributed by atoms with E-state index in [1.54, 1.807) is 0 Å². The number of piperidine rings is 1. The van der Waals surface area contributed by atoms with Crippen molar-refractivity contribution in [1.82, 2.24) is 15.0 Å². The molecule has 3 heterocycles. The van der Waals surface area contributed by atoms with E-state index in [1.165, 1.54) is 13.0 Å². The predicted molar refractivity (Wildman–Crippen MR) is 78.1 cm³/mol. The van der Waals surface area contributed by atoms with Crippen LogP contribution in [0.1, 0.15) is 25.1 Å². The first-order valence-electron chi connectivity index (χ1n) is 7.55. The van der Waals surface area contributed by atoms with Gasteiger partial charge in [-0.2, -0.15) is 4.98 Å². The molecule has 0 radical (unpaired) electrons. The summed E-state index contributed by atoms with van der Waals surface area (Å²) in [7, 11) is 0. The number of fused-ring (bicyclic) bond motifs is 2. The van der Waals surface area contributed by atoms with E-state index in [4.69, 9.17) is 9.26 Å². The summed E-state index contributed by atoms with van der Waals surface area (Å²) in [5, 5.41) is 3.88. The minimum absolute atomic E-state index is 0.0383. The van der Waals surface area contributed by atoms with Gasteiger partial charge in [-0.1, -0.05) is 17.3 Å². The molecule has 2 bridgehead atoms. The van der Waals surface area contributed by atoms with E-state index in [0.717, 1.165) is 37.2 Å². The number of hydrogen-bond donors (Lipinski definition) is 0. The molecule has 2 unspecified atom stereocenters. The number of ether oxygens (including phenoxy) is 1. The Morgan fingerprint density at radius 1 is 1.24 bits per heavy atom. The van der Waals surface area contributed by atoms with Crippen molar-refractivity contribution in [2.45, 2.75) is 31.8 Å². The van der Waals surface area contributed by atoms with Gasteiger partial charge in [0.2, 0.25) is 0 Å². The molecule has 0 saturated carbocycles. The molecule has 4 rings (SSSR count). The van der Waals surface area contributed by atoms with Gasteiger partial charge in [-0.15, -0.1) is 0 Å². The Morgan fingerprint density at radius 3 is 3.00 bits per heavy atom. The standard InChI is InChI=1S/C16H19N3O2/c1-12-17-15(21-18-12)13-5-2-3-6-14(13)20-16-7-4-9-19(11-16)10-8-16/h2-3,5-6H,4,7-11H2,1H3. The molecule has 2 aliphatic heterocycles. The van der Waals surface area contributed by atoms with Gasteiger partial charge >= 0.3 is 0 Å². The summed E-state index contributed by atoms with van der Waals surface area (Å²) < 4.78 is 11.8. The number of rotatable bonds is 3. The van der Waals surface area contributed by atoms with Crippen LogP contribution >= 0.6 is 0 Å².